The Balaban J connectivity index is 0. The first-order chi connectivity index (χ1) is 5.91. The van der Waals surface area contributed by atoms with Crippen LogP contribution in [0.5, 0.6) is 11.8 Å². The number of aromatic hydroxyl groups is 2. The first-order valence-electron chi connectivity index (χ1n) is 3.14. The molecule has 14 heavy (non-hydrogen) atoms. The summed E-state index contributed by atoms with van der Waals surface area (Å²) in [6.07, 6.45) is 0. The summed E-state index contributed by atoms with van der Waals surface area (Å²) in [5, 5.41) is 24.6. The molecule has 1 heterocycles. The number of hydrogen-bond donors (Lipinski definition) is 4. The van der Waals surface area contributed by atoms with Crippen molar-refractivity contribution in [3.05, 3.63) is 6.07 Å². The third-order valence-electron chi connectivity index (χ3n) is 0.716. The van der Waals surface area contributed by atoms with Crippen molar-refractivity contribution in [3.8, 4) is 11.8 Å². The van der Waals surface area contributed by atoms with Gasteiger partial charge in [-0.2, -0.15) is 9.97 Å². The predicted octanol–water partition coefficient (Wildman–Crippen LogP) is -0.442. The SMILES string of the molecule is CC(=O)O.Nc1nc(O)cc(O)n1.[Pd]. The van der Waals surface area contributed by atoms with Crippen LogP contribution in [-0.4, -0.2) is 31.3 Å². The molecule has 1 rings (SSSR count). The number of hydrogen-bond acceptors (Lipinski definition) is 6. The number of nitrogens with two attached hydrogens (primary N) is 1. The van der Waals surface area contributed by atoms with Gasteiger partial charge in [0.05, 0.1) is 6.07 Å². The van der Waals surface area contributed by atoms with Crippen LogP contribution in [-0.2, 0) is 25.2 Å². The molecule has 5 N–H and O–H groups in total. The van der Waals surface area contributed by atoms with Crippen LogP contribution in [0.15, 0.2) is 6.07 Å². The number of nitrogen functional groups attached to an aromatic ring is 1. The molecule has 8 heteroatoms. The smallest absolute Gasteiger partial charge is 0.300 e. The van der Waals surface area contributed by atoms with E-state index in [4.69, 9.17) is 25.8 Å². The Kier molecular flexibility index (Phi) is 7.61. The molecule has 0 spiro atoms. The number of aliphatic carboxylic acids is 1. The van der Waals surface area contributed by atoms with Crippen LogP contribution in [0.4, 0.5) is 5.95 Å². The van der Waals surface area contributed by atoms with E-state index in [0.717, 1.165) is 13.0 Å². The van der Waals surface area contributed by atoms with E-state index in [2.05, 4.69) is 9.97 Å². The summed E-state index contributed by atoms with van der Waals surface area (Å²) in [6.45, 7) is 1.08. The van der Waals surface area contributed by atoms with Gasteiger partial charge in [0.25, 0.3) is 5.97 Å². The van der Waals surface area contributed by atoms with Crippen LogP contribution >= 0.6 is 0 Å². The van der Waals surface area contributed by atoms with E-state index in [1.54, 1.807) is 0 Å². The van der Waals surface area contributed by atoms with E-state index in [0.29, 0.717) is 0 Å². The van der Waals surface area contributed by atoms with Crippen LogP contribution in [0, 0.1) is 0 Å². The second-order valence-electron chi connectivity index (χ2n) is 1.96. The summed E-state index contributed by atoms with van der Waals surface area (Å²) in [6, 6.07) is 0.996. The van der Waals surface area contributed by atoms with Crippen molar-refractivity contribution in [1.82, 2.24) is 9.97 Å². The van der Waals surface area contributed by atoms with E-state index < -0.39 is 5.97 Å². The van der Waals surface area contributed by atoms with E-state index in [1.807, 2.05) is 0 Å². The topological polar surface area (TPSA) is 130 Å². The van der Waals surface area contributed by atoms with Crippen LogP contribution in [0.1, 0.15) is 6.92 Å². The number of carboxylic acid groups (broad SMARTS) is 1. The molecule has 82 valence electrons. The Labute approximate surface area is 93.3 Å². The van der Waals surface area contributed by atoms with Crippen molar-refractivity contribution in [3.63, 3.8) is 0 Å². The van der Waals surface area contributed by atoms with E-state index in [1.165, 1.54) is 0 Å². The first-order valence-corrected chi connectivity index (χ1v) is 3.14. The molecule has 0 fully saturated rings. The molecule has 0 aromatic carbocycles. The average Bonchev–Trinajstić information content (AvgIpc) is 1.80. The third-order valence-corrected chi connectivity index (χ3v) is 0.716. The molecule has 0 saturated carbocycles. The fourth-order valence-corrected chi connectivity index (χ4v) is 0.440. The Morgan fingerprint density at radius 2 is 1.64 bits per heavy atom. The van der Waals surface area contributed by atoms with Gasteiger partial charge in [-0.1, -0.05) is 0 Å². The van der Waals surface area contributed by atoms with Gasteiger partial charge in [0, 0.05) is 27.3 Å². The quantitative estimate of drug-likeness (QED) is 0.477. The maximum Gasteiger partial charge on any atom is 0.300 e. The second kappa shape index (κ2) is 7.06. The molecule has 1 aromatic rings. The Bertz CT molecular complexity index is 253. The number of anilines is 1. The zero-order valence-electron chi connectivity index (χ0n) is 7.12. The van der Waals surface area contributed by atoms with Gasteiger partial charge in [0.2, 0.25) is 17.7 Å². The molecule has 0 atom stereocenters. The fraction of sp³-hybridized carbons (Fsp3) is 0.167. The average molecular weight is 294 g/mol. The predicted molar refractivity (Wildman–Crippen MR) is 43.1 cm³/mol. The molecule has 0 aliphatic rings. The van der Waals surface area contributed by atoms with Crippen molar-refractivity contribution in [2.24, 2.45) is 0 Å². The summed E-state index contributed by atoms with van der Waals surface area (Å²) in [5.41, 5.74) is 5.02. The molecule has 0 saturated heterocycles. The fourth-order valence-electron chi connectivity index (χ4n) is 0.440. The summed E-state index contributed by atoms with van der Waals surface area (Å²) in [5.74, 6) is -1.65. The van der Waals surface area contributed by atoms with Crippen molar-refractivity contribution >= 4 is 11.9 Å². The van der Waals surface area contributed by atoms with Gasteiger partial charge in [0.1, 0.15) is 0 Å². The Morgan fingerprint density at radius 1 is 1.36 bits per heavy atom. The summed E-state index contributed by atoms with van der Waals surface area (Å²) in [4.78, 5) is 15.6. The van der Waals surface area contributed by atoms with Gasteiger partial charge < -0.3 is 21.1 Å². The molecular formula is C6H9N3O4Pd. The molecule has 0 bridgehead atoms. The minimum absolute atomic E-state index is 0. The monoisotopic (exact) mass is 293 g/mol. The van der Waals surface area contributed by atoms with Crippen LogP contribution in [0.25, 0.3) is 0 Å². The Morgan fingerprint density at radius 3 is 1.86 bits per heavy atom. The van der Waals surface area contributed by atoms with Gasteiger partial charge in [0.15, 0.2) is 0 Å². The first kappa shape index (κ1) is 15.1. The number of rotatable bonds is 0. The van der Waals surface area contributed by atoms with E-state index >= 15 is 0 Å². The normalized spacial score (nSPS) is 7.79. The maximum atomic E-state index is 9.00. The zero-order chi connectivity index (χ0) is 10.4. The molecule has 1 aromatic heterocycles. The maximum absolute atomic E-state index is 9.00. The van der Waals surface area contributed by atoms with Gasteiger partial charge in [-0.05, 0) is 0 Å². The minimum atomic E-state index is -0.833. The van der Waals surface area contributed by atoms with Crippen LogP contribution in [0.3, 0.4) is 0 Å². The molecule has 0 amide bonds. The molecular weight excluding hydrogens is 285 g/mol. The van der Waals surface area contributed by atoms with Crippen LogP contribution in [0.2, 0.25) is 0 Å². The number of aromatic nitrogens is 2. The summed E-state index contributed by atoms with van der Waals surface area (Å²) >= 11 is 0. The molecule has 0 unspecified atom stereocenters. The second-order valence-corrected chi connectivity index (χ2v) is 1.96. The number of carboxylic acids is 1. The van der Waals surface area contributed by atoms with E-state index in [9.17, 15) is 0 Å². The van der Waals surface area contributed by atoms with Crippen molar-refractivity contribution in [2.45, 2.75) is 6.92 Å². The van der Waals surface area contributed by atoms with Gasteiger partial charge in [-0.15, -0.1) is 0 Å². The third kappa shape index (κ3) is 8.71. The van der Waals surface area contributed by atoms with Crippen molar-refractivity contribution in [2.75, 3.05) is 5.73 Å². The molecule has 0 aliphatic carbocycles. The minimum Gasteiger partial charge on any atom is -0.493 e. The number of carbonyl (C=O) groups is 1. The molecule has 0 radical (unpaired) electrons. The molecule has 7 nitrogen and oxygen atoms in total. The van der Waals surface area contributed by atoms with Gasteiger partial charge in [-0.25, -0.2) is 0 Å². The van der Waals surface area contributed by atoms with Crippen molar-refractivity contribution < 1.29 is 40.5 Å². The Hall–Kier alpha value is -1.39. The van der Waals surface area contributed by atoms with Crippen molar-refractivity contribution in [1.29, 1.82) is 0 Å². The largest absolute Gasteiger partial charge is 0.493 e. The van der Waals surface area contributed by atoms with Crippen LogP contribution < -0.4 is 5.73 Å². The van der Waals surface area contributed by atoms with Gasteiger partial charge in [-0.3, -0.25) is 4.79 Å². The van der Waals surface area contributed by atoms with E-state index in [-0.39, 0.29) is 38.1 Å². The number of nitrogens with zero attached hydrogens (tertiary/aromatic N) is 2. The van der Waals surface area contributed by atoms with Gasteiger partial charge >= 0.3 is 0 Å². The zero-order valence-corrected chi connectivity index (χ0v) is 8.67. The molecule has 0 aliphatic heterocycles. The summed E-state index contributed by atoms with van der Waals surface area (Å²) in [7, 11) is 0. The summed E-state index contributed by atoms with van der Waals surface area (Å²) < 4.78 is 0. The standard InChI is InChI=1S/C4H5N3O2.C2H4O2.Pd/c5-4-6-2(8)1-3(9)7-4;1-2(3)4;/h1H,(H4,5,6,7,8,9);1H3,(H,3,4);.